The number of nitro benzene ring substituents is 1. The zero-order valence-corrected chi connectivity index (χ0v) is 16.3. The summed E-state index contributed by atoms with van der Waals surface area (Å²) in [5, 5.41) is 11.6. The molecule has 0 aliphatic carbocycles. The summed E-state index contributed by atoms with van der Waals surface area (Å²) in [4.78, 5) is 12.8. The SMILES string of the molecule is Cc1ccc(CN(C)c2ccc(S(=O)(=O)N3CCCC3)cc2[N+](=O)[O-])cc1. The van der Waals surface area contributed by atoms with Gasteiger partial charge in [0.15, 0.2) is 0 Å². The highest BCUT2D eigenvalue weighted by Gasteiger charge is 2.30. The van der Waals surface area contributed by atoms with E-state index in [0.717, 1.165) is 24.0 Å². The van der Waals surface area contributed by atoms with Crippen molar-refractivity contribution >= 4 is 21.4 Å². The van der Waals surface area contributed by atoms with Crippen LogP contribution in [0.2, 0.25) is 0 Å². The number of hydrogen-bond acceptors (Lipinski definition) is 5. The van der Waals surface area contributed by atoms with Gasteiger partial charge in [-0.2, -0.15) is 4.31 Å². The second-order valence-corrected chi connectivity index (χ2v) is 8.80. The van der Waals surface area contributed by atoms with Crippen molar-refractivity contribution in [3.05, 3.63) is 63.7 Å². The molecule has 1 fully saturated rings. The largest absolute Gasteiger partial charge is 0.365 e. The van der Waals surface area contributed by atoms with E-state index >= 15 is 0 Å². The van der Waals surface area contributed by atoms with Gasteiger partial charge < -0.3 is 4.90 Å². The number of hydrogen-bond donors (Lipinski definition) is 0. The monoisotopic (exact) mass is 389 g/mol. The Labute approximate surface area is 159 Å². The lowest BCUT2D eigenvalue weighted by molar-refractivity contribution is -0.384. The lowest BCUT2D eigenvalue weighted by Gasteiger charge is -2.21. The third-order valence-electron chi connectivity index (χ3n) is 4.80. The molecule has 3 rings (SSSR count). The fraction of sp³-hybridized carbons (Fsp3) is 0.368. The molecule has 2 aromatic rings. The average molecular weight is 389 g/mol. The van der Waals surface area contributed by atoms with E-state index in [1.807, 2.05) is 31.2 Å². The Morgan fingerprint density at radius 1 is 1.11 bits per heavy atom. The molecule has 1 heterocycles. The predicted molar refractivity (Wildman–Crippen MR) is 104 cm³/mol. The van der Waals surface area contributed by atoms with Crippen molar-refractivity contribution in [1.29, 1.82) is 0 Å². The van der Waals surface area contributed by atoms with E-state index in [2.05, 4.69) is 0 Å². The summed E-state index contributed by atoms with van der Waals surface area (Å²) in [6.07, 6.45) is 1.64. The topological polar surface area (TPSA) is 83.8 Å². The van der Waals surface area contributed by atoms with Gasteiger partial charge in [0.05, 0.1) is 9.82 Å². The van der Waals surface area contributed by atoms with Crippen molar-refractivity contribution in [1.82, 2.24) is 4.31 Å². The Morgan fingerprint density at radius 3 is 2.33 bits per heavy atom. The minimum Gasteiger partial charge on any atom is -0.365 e. The van der Waals surface area contributed by atoms with Crippen molar-refractivity contribution in [2.24, 2.45) is 0 Å². The third kappa shape index (κ3) is 4.12. The Morgan fingerprint density at radius 2 is 1.74 bits per heavy atom. The first-order valence-electron chi connectivity index (χ1n) is 8.84. The van der Waals surface area contributed by atoms with E-state index in [4.69, 9.17) is 0 Å². The van der Waals surface area contributed by atoms with Crippen LogP contribution in [0.15, 0.2) is 47.4 Å². The van der Waals surface area contributed by atoms with Crippen LogP contribution in [-0.2, 0) is 16.6 Å². The lowest BCUT2D eigenvalue weighted by atomic mass is 10.1. The van der Waals surface area contributed by atoms with E-state index in [9.17, 15) is 18.5 Å². The van der Waals surface area contributed by atoms with Crippen LogP contribution in [0.4, 0.5) is 11.4 Å². The summed E-state index contributed by atoms with van der Waals surface area (Å²) in [6, 6.07) is 12.1. The van der Waals surface area contributed by atoms with Crippen molar-refractivity contribution < 1.29 is 13.3 Å². The van der Waals surface area contributed by atoms with Gasteiger partial charge in [0.2, 0.25) is 10.0 Å². The number of nitrogens with zero attached hydrogens (tertiary/aromatic N) is 3. The second kappa shape index (κ2) is 7.66. The second-order valence-electron chi connectivity index (χ2n) is 6.86. The Balaban J connectivity index is 1.91. The fourth-order valence-corrected chi connectivity index (χ4v) is 4.80. The van der Waals surface area contributed by atoms with Gasteiger partial charge in [-0.05, 0) is 37.5 Å². The van der Waals surface area contributed by atoms with Crippen LogP contribution in [0.5, 0.6) is 0 Å². The number of anilines is 1. The molecule has 0 saturated carbocycles. The maximum absolute atomic E-state index is 12.7. The van der Waals surface area contributed by atoms with E-state index in [0.29, 0.717) is 25.3 Å². The smallest absolute Gasteiger partial charge is 0.293 e. The van der Waals surface area contributed by atoms with Gasteiger partial charge in [0, 0.05) is 32.7 Å². The van der Waals surface area contributed by atoms with Crippen molar-refractivity contribution in [3.8, 4) is 0 Å². The zero-order valence-electron chi connectivity index (χ0n) is 15.5. The van der Waals surface area contributed by atoms with Crippen LogP contribution in [0.3, 0.4) is 0 Å². The first kappa shape index (κ1) is 19.3. The lowest BCUT2D eigenvalue weighted by Crippen LogP contribution is -2.28. The molecule has 1 saturated heterocycles. The molecular weight excluding hydrogens is 366 g/mol. The summed E-state index contributed by atoms with van der Waals surface area (Å²) in [6.45, 7) is 3.41. The molecule has 0 bridgehead atoms. The molecule has 0 amide bonds. The van der Waals surface area contributed by atoms with Crippen molar-refractivity contribution in [3.63, 3.8) is 0 Å². The molecule has 1 aliphatic heterocycles. The molecular formula is C19H23N3O4S. The quantitative estimate of drug-likeness (QED) is 0.559. The van der Waals surface area contributed by atoms with Gasteiger partial charge in [0.1, 0.15) is 5.69 Å². The highest BCUT2D eigenvalue weighted by Crippen LogP contribution is 2.32. The first-order valence-corrected chi connectivity index (χ1v) is 10.3. The molecule has 27 heavy (non-hydrogen) atoms. The molecule has 7 nitrogen and oxygen atoms in total. The maximum atomic E-state index is 12.7. The number of rotatable bonds is 6. The molecule has 8 heteroatoms. The molecule has 0 spiro atoms. The summed E-state index contributed by atoms with van der Waals surface area (Å²) < 4.78 is 26.8. The summed E-state index contributed by atoms with van der Waals surface area (Å²) in [5.41, 5.74) is 2.35. The van der Waals surface area contributed by atoms with Gasteiger partial charge in [-0.25, -0.2) is 8.42 Å². The maximum Gasteiger partial charge on any atom is 0.293 e. The van der Waals surface area contributed by atoms with Crippen LogP contribution in [-0.4, -0.2) is 37.8 Å². The number of nitro groups is 1. The highest BCUT2D eigenvalue weighted by molar-refractivity contribution is 7.89. The zero-order chi connectivity index (χ0) is 19.6. The minimum atomic E-state index is -3.69. The average Bonchev–Trinajstić information content (AvgIpc) is 3.18. The molecule has 144 valence electrons. The predicted octanol–water partition coefficient (Wildman–Crippen LogP) is 3.32. The molecule has 0 unspecified atom stereocenters. The number of benzene rings is 2. The molecule has 0 radical (unpaired) electrons. The van der Waals surface area contributed by atoms with Gasteiger partial charge in [-0.15, -0.1) is 0 Å². The van der Waals surface area contributed by atoms with E-state index in [-0.39, 0.29) is 10.6 Å². The molecule has 2 aromatic carbocycles. The number of sulfonamides is 1. The van der Waals surface area contributed by atoms with Crippen LogP contribution in [0.25, 0.3) is 0 Å². The normalized spacial score (nSPS) is 15.0. The Kier molecular flexibility index (Phi) is 5.48. The Hall–Kier alpha value is -2.45. The minimum absolute atomic E-state index is 0.0245. The summed E-state index contributed by atoms with van der Waals surface area (Å²) in [5.74, 6) is 0. The Bertz CT molecular complexity index is 936. The summed E-state index contributed by atoms with van der Waals surface area (Å²) in [7, 11) is -1.93. The van der Waals surface area contributed by atoms with Crippen LogP contribution in [0.1, 0.15) is 24.0 Å². The number of aryl methyl sites for hydroxylation is 1. The van der Waals surface area contributed by atoms with Gasteiger partial charge in [0.25, 0.3) is 5.69 Å². The molecule has 0 N–H and O–H groups in total. The highest BCUT2D eigenvalue weighted by atomic mass is 32.2. The fourth-order valence-electron chi connectivity index (χ4n) is 3.26. The first-order chi connectivity index (χ1) is 12.8. The molecule has 0 aromatic heterocycles. The van der Waals surface area contributed by atoms with Gasteiger partial charge >= 0.3 is 0 Å². The van der Waals surface area contributed by atoms with Gasteiger partial charge in [-0.1, -0.05) is 29.8 Å². The van der Waals surface area contributed by atoms with Crippen LogP contribution >= 0.6 is 0 Å². The standard InChI is InChI=1S/C19H23N3O4S/c1-15-5-7-16(8-6-15)14-20(2)18-10-9-17(13-19(18)22(23)24)27(25,26)21-11-3-4-12-21/h5-10,13H,3-4,11-12,14H2,1-2H3. The molecule has 1 aliphatic rings. The van der Waals surface area contributed by atoms with Gasteiger partial charge in [-0.3, -0.25) is 10.1 Å². The van der Waals surface area contributed by atoms with E-state index in [1.54, 1.807) is 11.9 Å². The van der Waals surface area contributed by atoms with E-state index < -0.39 is 14.9 Å². The van der Waals surface area contributed by atoms with Crippen LogP contribution < -0.4 is 4.90 Å². The van der Waals surface area contributed by atoms with Crippen molar-refractivity contribution in [2.45, 2.75) is 31.2 Å². The van der Waals surface area contributed by atoms with Crippen LogP contribution in [0, 0.1) is 17.0 Å². The third-order valence-corrected chi connectivity index (χ3v) is 6.69. The summed E-state index contributed by atoms with van der Waals surface area (Å²) >= 11 is 0. The van der Waals surface area contributed by atoms with E-state index in [1.165, 1.54) is 22.5 Å². The molecule has 0 atom stereocenters. The van der Waals surface area contributed by atoms with Crippen molar-refractivity contribution in [2.75, 3.05) is 25.0 Å².